The molecule has 2 aliphatic rings. The smallest absolute Gasteiger partial charge is 0.295 e. The van der Waals surface area contributed by atoms with Crippen molar-refractivity contribution < 1.29 is 28.9 Å². The van der Waals surface area contributed by atoms with Crippen LogP contribution in [0.5, 0.6) is 11.5 Å². The van der Waals surface area contributed by atoms with Crippen LogP contribution < -0.4 is 9.47 Å². The fourth-order valence-corrected chi connectivity index (χ4v) is 5.23. The molecule has 1 atom stereocenters. The summed E-state index contributed by atoms with van der Waals surface area (Å²) in [5.41, 5.74) is 3.19. The van der Waals surface area contributed by atoms with E-state index in [1.54, 1.807) is 25.3 Å². The van der Waals surface area contributed by atoms with Gasteiger partial charge in [-0.15, -0.1) is 0 Å². The molecule has 3 aromatic rings. The number of amides is 1. The summed E-state index contributed by atoms with van der Waals surface area (Å²) in [5, 5.41) is 11.6. The van der Waals surface area contributed by atoms with Crippen LogP contribution in [0.4, 0.5) is 0 Å². The number of rotatable bonds is 7. The SMILES string of the molecule is COc1ccc(C2/C(=C(\O)c3nc4c(C)cccn4c3C)C(=O)C(=O)N2CCN2CCOCC2)cc1OC. The van der Waals surface area contributed by atoms with Crippen molar-refractivity contribution in [1.29, 1.82) is 0 Å². The van der Waals surface area contributed by atoms with Gasteiger partial charge in [-0.1, -0.05) is 12.1 Å². The third-order valence-corrected chi connectivity index (χ3v) is 7.33. The van der Waals surface area contributed by atoms with Gasteiger partial charge in [0.1, 0.15) is 11.3 Å². The Morgan fingerprint density at radius 2 is 1.82 bits per heavy atom. The number of aryl methyl sites for hydroxylation is 2. The summed E-state index contributed by atoms with van der Waals surface area (Å²) < 4.78 is 18.2. The Labute approximate surface area is 221 Å². The van der Waals surface area contributed by atoms with Gasteiger partial charge in [0.2, 0.25) is 0 Å². The van der Waals surface area contributed by atoms with Gasteiger partial charge in [0.25, 0.3) is 11.7 Å². The molecule has 0 aliphatic carbocycles. The van der Waals surface area contributed by atoms with Gasteiger partial charge in [-0.05, 0) is 43.2 Å². The highest BCUT2D eigenvalue weighted by Gasteiger charge is 2.46. The lowest BCUT2D eigenvalue weighted by atomic mass is 9.96. The summed E-state index contributed by atoms with van der Waals surface area (Å²) in [7, 11) is 3.07. The molecular weight excluding hydrogens is 488 g/mol. The van der Waals surface area contributed by atoms with Crippen molar-refractivity contribution in [2.75, 3.05) is 53.6 Å². The molecule has 0 bridgehead atoms. The topological polar surface area (TPSA) is 106 Å². The molecule has 10 heteroatoms. The summed E-state index contributed by atoms with van der Waals surface area (Å²) in [4.78, 5) is 35.3. The van der Waals surface area contributed by atoms with Gasteiger partial charge in [-0.3, -0.25) is 14.5 Å². The Balaban J connectivity index is 1.63. The van der Waals surface area contributed by atoms with Crippen LogP contribution in [-0.2, 0) is 14.3 Å². The predicted molar refractivity (Wildman–Crippen MR) is 140 cm³/mol. The van der Waals surface area contributed by atoms with Crippen LogP contribution in [0.2, 0.25) is 0 Å². The number of hydrogen-bond donors (Lipinski definition) is 1. The lowest BCUT2D eigenvalue weighted by molar-refractivity contribution is -0.140. The van der Waals surface area contributed by atoms with Crippen LogP contribution in [-0.4, -0.2) is 89.6 Å². The number of morpholine rings is 1. The summed E-state index contributed by atoms with van der Waals surface area (Å²) >= 11 is 0. The van der Waals surface area contributed by atoms with Crippen LogP contribution >= 0.6 is 0 Å². The van der Waals surface area contributed by atoms with E-state index in [9.17, 15) is 14.7 Å². The number of ketones is 1. The summed E-state index contributed by atoms with van der Waals surface area (Å²) in [6.07, 6.45) is 1.86. The van der Waals surface area contributed by atoms with Gasteiger partial charge < -0.3 is 28.6 Å². The molecule has 2 aliphatic heterocycles. The first-order chi connectivity index (χ1) is 18.3. The summed E-state index contributed by atoms with van der Waals surface area (Å²) in [6.45, 7) is 7.41. The molecule has 1 aromatic carbocycles. The van der Waals surface area contributed by atoms with Crippen molar-refractivity contribution >= 4 is 23.1 Å². The number of carbonyl (C=O) groups is 2. The average molecular weight is 521 g/mol. The number of Topliss-reactive ketones (excluding diaryl/α,β-unsaturated/α-hetero) is 1. The van der Waals surface area contributed by atoms with Crippen molar-refractivity contribution in [3.05, 3.63) is 64.6 Å². The molecular formula is C28H32N4O6. The van der Waals surface area contributed by atoms with Crippen LogP contribution in [0.15, 0.2) is 42.1 Å². The third-order valence-electron chi connectivity index (χ3n) is 7.33. The second-order valence-electron chi connectivity index (χ2n) is 9.49. The number of aliphatic hydroxyl groups excluding tert-OH is 1. The maximum absolute atomic E-state index is 13.5. The Hall–Kier alpha value is -3.89. The molecule has 0 radical (unpaired) electrons. The molecule has 0 spiro atoms. The van der Waals surface area contributed by atoms with Crippen LogP contribution in [0.3, 0.4) is 0 Å². The van der Waals surface area contributed by atoms with E-state index in [-0.39, 0.29) is 17.0 Å². The fraction of sp³-hybridized carbons (Fsp3) is 0.393. The zero-order valence-electron chi connectivity index (χ0n) is 22.1. The second-order valence-corrected chi connectivity index (χ2v) is 9.49. The van der Waals surface area contributed by atoms with E-state index in [1.807, 2.05) is 36.6 Å². The zero-order valence-corrected chi connectivity index (χ0v) is 22.1. The highest BCUT2D eigenvalue weighted by atomic mass is 16.5. The summed E-state index contributed by atoms with van der Waals surface area (Å²) in [6, 6.07) is 8.27. The van der Waals surface area contributed by atoms with Crippen molar-refractivity contribution in [2.24, 2.45) is 0 Å². The first-order valence-electron chi connectivity index (χ1n) is 12.6. The number of hydrogen-bond acceptors (Lipinski definition) is 8. The number of aromatic nitrogens is 2. The second kappa shape index (κ2) is 10.5. The zero-order chi connectivity index (χ0) is 27.0. The first-order valence-corrected chi connectivity index (χ1v) is 12.6. The predicted octanol–water partition coefficient (Wildman–Crippen LogP) is 2.72. The van der Waals surface area contributed by atoms with Gasteiger partial charge >= 0.3 is 0 Å². The van der Waals surface area contributed by atoms with Crippen LogP contribution in [0, 0.1) is 13.8 Å². The van der Waals surface area contributed by atoms with Crippen molar-refractivity contribution in [2.45, 2.75) is 19.9 Å². The van der Waals surface area contributed by atoms with E-state index >= 15 is 0 Å². The molecule has 4 heterocycles. The number of nitrogens with zero attached hydrogens (tertiary/aromatic N) is 4. The highest BCUT2D eigenvalue weighted by Crippen LogP contribution is 2.42. The normalized spacial score (nSPS) is 19.9. The molecule has 1 N–H and O–H groups in total. The number of pyridine rings is 1. The molecule has 38 heavy (non-hydrogen) atoms. The minimum atomic E-state index is -0.818. The lowest BCUT2D eigenvalue weighted by Gasteiger charge is -2.31. The molecule has 2 saturated heterocycles. The van der Waals surface area contributed by atoms with Gasteiger partial charge in [-0.2, -0.15) is 0 Å². The minimum Gasteiger partial charge on any atom is -0.505 e. The van der Waals surface area contributed by atoms with Crippen LogP contribution in [0.25, 0.3) is 11.4 Å². The average Bonchev–Trinajstić information content (AvgIpc) is 3.41. The number of benzene rings is 1. The van der Waals surface area contributed by atoms with Crippen molar-refractivity contribution in [3.8, 4) is 11.5 Å². The number of carbonyl (C=O) groups excluding carboxylic acids is 2. The van der Waals surface area contributed by atoms with Gasteiger partial charge in [0, 0.05) is 32.4 Å². The minimum absolute atomic E-state index is 0.00774. The van der Waals surface area contributed by atoms with E-state index in [4.69, 9.17) is 14.2 Å². The molecule has 1 unspecified atom stereocenters. The lowest BCUT2D eigenvalue weighted by Crippen LogP contribution is -2.42. The standard InChI is InChI=1S/C28H32N4O6/c1-17-6-5-9-31-18(2)23(29-27(17)31)25(33)22-24(19-7-8-20(36-3)21(16-19)37-4)32(28(35)26(22)34)11-10-30-12-14-38-15-13-30/h5-9,16,24,33H,10-15H2,1-4H3/b25-22+. The molecule has 1 amide bonds. The number of imidazole rings is 1. The van der Waals surface area contributed by atoms with Crippen molar-refractivity contribution in [3.63, 3.8) is 0 Å². The number of aliphatic hydroxyl groups is 1. The Morgan fingerprint density at radius 3 is 2.50 bits per heavy atom. The Morgan fingerprint density at radius 1 is 1.08 bits per heavy atom. The fourth-order valence-electron chi connectivity index (χ4n) is 5.23. The molecule has 2 aromatic heterocycles. The maximum Gasteiger partial charge on any atom is 0.295 e. The van der Waals surface area contributed by atoms with Gasteiger partial charge in [-0.25, -0.2) is 4.98 Å². The molecule has 5 rings (SSSR count). The highest BCUT2D eigenvalue weighted by molar-refractivity contribution is 6.46. The quantitative estimate of drug-likeness (QED) is 0.288. The number of ether oxygens (including phenoxy) is 3. The maximum atomic E-state index is 13.5. The number of methoxy groups -OCH3 is 2. The number of likely N-dealkylation sites (tertiary alicyclic amines) is 1. The molecule has 10 nitrogen and oxygen atoms in total. The molecule has 0 saturated carbocycles. The monoisotopic (exact) mass is 520 g/mol. The largest absolute Gasteiger partial charge is 0.505 e. The van der Waals surface area contributed by atoms with E-state index in [1.165, 1.54) is 12.0 Å². The summed E-state index contributed by atoms with van der Waals surface area (Å²) in [5.74, 6) is -0.705. The van der Waals surface area contributed by atoms with Gasteiger partial charge in [0.05, 0.1) is 44.7 Å². The Bertz CT molecular complexity index is 1420. The molecule has 200 valence electrons. The van der Waals surface area contributed by atoms with Crippen LogP contribution in [0.1, 0.15) is 28.6 Å². The van der Waals surface area contributed by atoms with Crippen molar-refractivity contribution in [1.82, 2.24) is 19.2 Å². The first kappa shape index (κ1) is 25.7. The third kappa shape index (κ3) is 4.39. The van der Waals surface area contributed by atoms with E-state index in [2.05, 4.69) is 9.88 Å². The van der Waals surface area contributed by atoms with E-state index in [0.717, 1.165) is 18.7 Å². The van der Waals surface area contributed by atoms with Gasteiger partial charge in [0.15, 0.2) is 17.3 Å². The number of fused-ring (bicyclic) bond motifs is 1. The van der Waals surface area contributed by atoms with E-state index in [0.29, 0.717) is 54.7 Å². The Kier molecular flexibility index (Phi) is 7.09. The van der Waals surface area contributed by atoms with E-state index < -0.39 is 17.7 Å². The molecule has 2 fully saturated rings.